The van der Waals surface area contributed by atoms with Crippen LogP contribution < -0.4 is 10.2 Å². The molecule has 1 N–H and O–H groups in total. The minimum Gasteiger partial charge on any atom is -0.496 e. The maximum Gasteiger partial charge on any atom is 0.271 e. The van der Waals surface area contributed by atoms with Crippen LogP contribution in [0.4, 0.5) is 0 Å². The molecule has 22 heavy (non-hydrogen) atoms. The van der Waals surface area contributed by atoms with E-state index in [1.165, 1.54) is 0 Å². The van der Waals surface area contributed by atoms with E-state index in [2.05, 4.69) is 10.5 Å². The van der Waals surface area contributed by atoms with E-state index in [4.69, 9.17) is 16.3 Å². The van der Waals surface area contributed by atoms with Gasteiger partial charge in [0.15, 0.2) is 0 Å². The second-order valence-corrected chi connectivity index (χ2v) is 5.30. The number of ether oxygens (including phenoxy) is 1. The summed E-state index contributed by atoms with van der Waals surface area (Å²) in [4.78, 5) is 12.0. The summed E-state index contributed by atoms with van der Waals surface area (Å²) >= 11 is 6.00. The van der Waals surface area contributed by atoms with Crippen molar-refractivity contribution >= 4 is 23.7 Å². The molecule has 1 amide bonds. The van der Waals surface area contributed by atoms with Gasteiger partial charge in [-0.05, 0) is 60.9 Å². The van der Waals surface area contributed by atoms with E-state index in [9.17, 15) is 4.79 Å². The fourth-order valence-corrected chi connectivity index (χ4v) is 2.13. The molecule has 0 saturated carbocycles. The van der Waals surface area contributed by atoms with E-state index < -0.39 is 0 Å². The van der Waals surface area contributed by atoms with Crippen LogP contribution in [0.15, 0.2) is 41.5 Å². The van der Waals surface area contributed by atoms with E-state index in [0.29, 0.717) is 10.6 Å². The highest BCUT2D eigenvalue weighted by Gasteiger charge is 2.06. The molecule has 0 heterocycles. The second-order valence-electron chi connectivity index (χ2n) is 4.89. The number of nitrogens with zero attached hydrogens (tertiary/aromatic N) is 1. The predicted molar refractivity (Wildman–Crippen MR) is 89.0 cm³/mol. The van der Waals surface area contributed by atoms with Crippen molar-refractivity contribution in [3.05, 3.63) is 63.7 Å². The molecule has 2 aromatic carbocycles. The number of hydrogen-bond donors (Lipinski definition) is 1. The third-order valence-electron chi connectivity index (χ3n) is 3.23. The van der Waals surface area contributed by atoms with Crippen LogP contribution in [0.1, 0.15) is 27.0 Å². The van der Waals surface area contributed by atoms with Crippen molar-refractivity contribution in [2.45, 2.75) is 13.8 Å². The number of amides is 1. The molecule has 5 heteroatoms. The maximum atomic E-state index is 12.0. The van der Waals surface area contributed by atoms with E-state index in [1.54, 1.807) is 31.5 Å². The highest BCUT2D eigenvalue weighted by Crippen LogP contribution is 2.18. The molecule has 0 fully saturated rings. The highest BCUT2D eigenvalue weighted by atomic mass is 35.5. The molecule has 0 spiro atoms. The first kappa shape index (κ1) is 16.0. The summed E-state index contributed by atoms with van der Waals surface area (Å²) in [6.45, 7) is 3.83. The lowest BCUT2D eigenvalue weighted by Crippen LogP contribution is -2.17. The van der Waals surface area contributed by atoms with E-state index in [-0.39, 0.29) is 5.91 Å². The minimum atomic E-state index is -0.302. The Morgan fingerprint density at radius 1 is 1.18 bits per heavy atom. The fraction of sp³-hybridized carbons (Fsp3) is 0.176. The molecular weight excluding hydrogens is 300 g/mol. The largest absolute Gasteiger partial charge is 0.496 e. The fourth-order valence-electron chi connectivity index (χ4n) is 1.95. The first-order valence-electron chi connectivity index (χ1n) is 6.75. The Labute approximate surface area is 134 Å². The average molecular weight is 317 g/mol. The number of methoxy groups -OCH3 is 1. The lowest BCUT2D eigenvalue weighted by Gasteiger charge is -2.05. The Kier molecular flexibility index (Phi) is 5.17. The first-order valence-corrected chi connectivity index (χ1v) is 7.13. The molecule has 0 unspecified atom stereocenters. The van der Waals surface area contributed by atoms with Crippen LogP contribution >= 0.6 is 11.6 Å². The van der Waals surface area contributed by atoms with Crippen LogP contribution in [-0.2, 0) is 0 Å². The molecule has 0 saturated heterocycles. The van der Waals surface area contributed by atoms with Crippen molar-refractivity contribution in [3.8, 4) is 5.75 Å². The number of carbonyl (C=O) groups is 1. The van der Waals surface area contributed by atoms with Crippen LogP contribution in [-0.4, -0.2) is 19.2 Å². The zero-order valence-corrected chi connectivity index (χ0v) is 13.4. The van der Waals surface area contributed by atoms with Gasteiger partial charge >= 0.3 is 0 Å². The predicted octanol–water partition coefficient (Wildman–Crippen LogP) is 3.73. The number of rotatable bonds is 4. The minimum absolute atomic E-state index is 0.302. The molecule has 2 aromatic rings. The van der Waals surface area contributed by atoms with Gasteiger partial charge in [-0.2, -0.15) is 5.10 Å². The zero-order valence-electron chi connectivity index (χ0n) is 12.7. The number of halogens is 1. The Balaban J connectivity index is 2.04. The number of hydrazone groups is 1. The molecular formula is C17H17ClN2O2. The van der Waals surface area contributed by atoms with Crippen molar-refractivity contribution in [1.29, 1.82) is 0 Å². The van der Waals surface area contributed by atoms with Crippen molar-refractivity contribution < 1.29 is 9.53 Å². The van der Waals surface area contributed by atoms with Gasteiger partial charge in [-0.3, -0.25) is 4.79 Å². The lowest BCUT2D eigenvalue weighted by atomic mass is 10.1. The molecule has 0 aliphatic heterocycles. The Bertz CT molecular complexity index is 727. The van der Waals surface area contributed by atoms with Crippen LogP contribution in [0.3, 0.4) is 0 Å². The Hall–Kier alpha value is -2.33. The van der Waals surface area contributed by atoms with Gasteiger partial charge < -0.3 is 4.74 Å². The van der Waals surface area contributed by atoms with Crippen LogP contribution in [0, 0.1) is 13.8 Å². The van der Waals surface area contributed by atoms with Crippen molar-refractivity contribution in [2.24, 2.45) is 5.10 Å². The lowest BCUT2D eigenvalue weighted by molar-refractivity contribution is 0.0955. The molecule has 0 aliphatic carbocycles. The van der Waals surface area contributed by atoms with Crippen LogP contribution in [0.25, 0.3) is 0 Å². The number of carbonyl (C=O) groups excluding carboxylic acids is 1. The number of hydrogen-bond acceptors (Lipinski definition) is 3. The van der Waals surface area contributed by atoms with Gasteiger partial charge in [0.1, 0.15) is 5.75 Å². The van der Waals surface area contributed by atoms with Gasteiger partial charge in [0.05, 0.1) is 13.3 Å². The molecule has 114 valence electrons. The first-order chi connectivity index (χ1) is 10.5. The second kappa shape index (κ2) is 7.09. The van der Waals surface area contributed by atoms with Crippen LogP contribution in [0.5, 0.6) is 5.75 Å². The third-order valence-corrected chi connectivity index (χ3v) is 3.64. The van der Waals surface area contributed by atoms with Crippen LogP contribution in [0.2, 0.25) is 5.02 Å². The SMILES string of the molecule is COc1ccc(/C=N\NC(=O)c2ccc(C)c(Cl)c2)cc1C. The van der Waals surface area contributed by atoms with Crippen molar-refractivity contribution in [1.82, 2.24) is 5.43 Å². The smallest absolute Gasteiger partial charge is 0.271 e. The van der Waals surface area contributed by atoms with Crippen molar-refractivity contribution in [3.63, 3.8) is 0 Å². The molecule has 4 nitrogen and oxygen atoms in total. The summed E-state index contributed by atoms with van der Waals surface area (Å²) in [5.41, 5.74) is 5.76. The topological polar surface area (TPSA) is 50.7 Å². The Morgan fingerprint density at radius 3 is 2.59 bits per heavy atom. The van der Waals surface area contributed by atoms with Crippen molar-refractivity contribution in [2.75, 3.05) is 7.11 Å². The van der Waals surface area contributed by atoms with E-state index in [1.807, 2.05) is 32.0 Å². The zero-order chi connectivity index (χ0) is 16.1. The summed E-state index contributed by atoms with van der Waals surface area (Å²) in [7, 11) is 1.63. The summed E-state index contributed by atoms with van der Waals surface area (Å²) in [6, 6.07) is 10.8. The molecule has 0 radical (unpaired) electrons. The number of aryl methyl sites for hydroxylation is 2. The number of benzene rings is 2. The third kappa shape index (κ3) is 3.86. The van der Waals surface area contributed by atoms with Gasteiger partial charge in [-0.1, -0.05) is 17.7 Å². The van der Waals surface area contributed by atoms with E-state index >= 15 is 0 Å². The molecule has 0 aliphatic rings. The van der Waals surface area contributed by atoms with E-state index in [0.717, 1.165) is 22.4 Å². The standard InChI is InChI=1S/C17H17ClN2O2/c1-11-4-6-14(9-15(11)18)17(21)20-19-10-13-5-7-16(22-3)12(2)8-13/h4-10H,1-3H3,(H,20,21)/b19-10-. The number of nitrogens with one attached hydrogen (secondary N) is 1. The summed E-state index contributed by atoms with van der Waals surface area (Å²) in [5.74, 6) is 0.513. The normalized spacial score (nSPS) is 10.7. The molecule has 0 atom stereocenters. The summed E-state index contributed by atoms with van der Waals surface area (Å²) in [5, 5.41) is 4.52. The maximum absolute atomic E-state index is 12.0. The molecule has 2 rings (SSSR count). The summed E-state index contributed by atoms with van der Waals surface area (Å²) in [6.07, 6.45) is 1.58. The van der Waals surface area contributed by atoms with Gasteiger partial charge in [0.25, 0.3) is 5.91 Å². The Morgan fingerprint density at radius 2 is 1.95 bits per heavy atom. The highest BCUT2D eigenvalue weighted by molar-refractivity contribution is 6.31. The van der Waals surface area contributed by atoms with Gasteiger partial charge in [0, 0.05) is 10.6 Å². The average Bonchev–Trinajstić information content (AvgIpc) is 2.50. The molecule has 0 bridgehead atoms. The van der Waals surface area contributed by atoms with Gasteiger partial charge in [0.2, 0.25) is 0 Å². The summed E-state index contributed by atoms with van der Waals surface area (Å²) < 4.78 is 5.19. The quantitative estimate of drug-likeness (QED) is 0.690. The van der Waals surface area contributed by atoms with Gasteiger partial charge in [-0.15, -0.1) is 0 Å². The monoisotopic (exact) mass is 316 g/mol. The molecule has 0 aromatic heterocycles. The van der Waals surface area contributed by atoms with Gasteiger partial charge in [-0.25, -0.2) is 5.43 Å².